The summed E-state index contributed by atoms with van der Waals surface area (Å²) in [4.78, 5) is 12.1. The fraction of sp³-hybridized carbons (Fsp3) is 0.235. The minimum Gasteiger partial charge on any atom is -0.469 e. The van der Waals surface area contributed by atoms with Crippen LogP contribution in [0.2, 0.25) is 0 Å². The van der Waals surface area contributed by atoms with Crippen molar-refractivity contribution < 1.29 is 9.21 Å². The first-order valence-corrected chi connectivity index (χ1v) is 8.73. The number of nitrogens with two attached hydrogens (primary N) is 1. The topological polar surface area (TPSA) is 99.0 Å². The van der Waals surface area contributed by atoms with Crippen LogP contribution in [-0.4, -0.2) is 26.5 Å². The first-order valence-electron chi connectivity index (χ1n) is 7.75. The van der Waals surface area contributed by atoms with Crippen LogP contribution in [0.5, 0.6) is 0 Å². The van der Waals surface area contributed by atoms with Crippen molar-refractivity contribution in [2.75, 3.05) is 11.6 Å². The molecule has 0 atom stereocenters. The average molecular weight is 357 g/mol. The Hall–Kier alpha value is -2.74. The third-order valence-electron chi connectivity index (χ3n) is 3.83. The number of nitrogens with one attached hydrogen (secondary N) is 1. The molecule has 0 spiro atoms. The molecule has 0 aliphatic carbocycles. The molecule has 2 aromatic heterocycles. The first-order chi connectivity index (χ1) is 12.1. The van der Waals surface area contributed by atoms with Crippen LogP contribution in [0.15, 0.2) is 46.2 Å². The summed E-state index contributed by atoms with van der Waals surface area (Å²) in [5, 5.41) is 11.5. The highest BCUT2D eigenvalue weighted by atomic mass is 32.2. The minimum atomic E-state index is -0.0858. The Labute approximate surface area is 149 Å². The van der Waals surface area contributed by atoms with Gasteiger partial charge in [-0.1, -0.05) is 36.0 Å². The number of aryl methyl sites for hydroxylation is 2. The normalized spacial score (nSPS) is 10.8. The van der Waals surface area contributed by atoms with E-state index in [2.05, 4.69) is 15.5 Å². The second-order valence-corrected chi connectivity index (χ2v) is 6.50. The molecule has 0 aliphatic heterocycles. The molecule has 130 valence electrons. The highest BCUT2D eigenvalue weighted by molar-refractivity contribution is 7.99. The number of furan rings is 1. The standard InChI is InChI=1S/C17H19N5O2S/c1-11-5-3-4-6-13(11)9-19-15(23)10-25-17-21-20-16(22(17)18)14-7-8-24-12(14)2/h3-8H,9-10,18H2,1-2H3,(H,19,23). The second kappa shape index (κ2) is 7.43. The van der Waals surface area contributed by atoms with Gasteiger partial charge in [-0.25, -0.2) is 4.68 Å². The molecular formula is C17H19N5O2S. The van der Waals surface area contributed by atoms with E-state index in [0.717, 1.165) is 16.7 Å². The van der Waals surface area contributed by atoms with Gasteiger partial charge in [0.15, 0.2) is 5.82 Å². The summed E-state index contributed by atoms with van der Waals surface area (Å²) in [6.45, 7) is 4.35. The number of benzene rings is 1. The third kappa shape index (κ3) is 3.85. The predicted molar refractivity (Wildman–Crippen MR) is 96.4 cm³/mol. The highest BCUT2D eigenvalue weighted by Crippen LogP contribution is 2.24. The molecule has 1 aromatic carbocycles. The van der Waals surface area contributed by atoms with E-state index in [4.69, 9.17) is 10.3 Å². The number of carbonyl (C=O) groups excluding carboxylic acids is 1. The van der Waals surface area contributed by atoms with Gasteiger partial charge in [0.1, 0.15) is 5.76 Å². The summed E-state index contributed by atoms with van der Waals surface area (Å²) in [6.07, 6.45) is 1.57. The summed E-state index contributed by atoms with van der Waals surface area (Å²) in [6, 6.07) is 9.74. The Morgan fingerprint density at radius 1 is 1.28 bits per heavy atom. The molecule has 3 N–H and O–H groups in total. The molecule has 0 aliphatic rings. The number of thioether (sulfide) groups is 1. The third-order valence-corrected chi connectivity index (χ3v) is 4.78. The summed E-state index contributed by atoms with van der Waals surface area (Å²) in [7, 11) is 0. The first kappa shape index (κ1) is 17.1. The van der Waals surface area contributed by atoms with Crippen molar-refractivity contribution in [1.29, 1.82) is 0 Å². The lowest BCUT2D eigenvalue weighted by atomic mass is 10.1. The van der Waals surface area contributed by atoms with Crippen LogP contribution in [0, 0.1) is 13.8 Å². The van der Waals surface area contributed by atoms with Crippen LogP contribution >= 0.6 is 11.8 Å². The molecule has 1 amide bonds. The van der Waals surface area contributed by atoms with Gasteiger partial charge in [0, 0.05) is 6.54 Å². The number of aromatic nitrogens is 3. The van der Waals surface area contributed by atoms with Crippen LogP contribution in [0.4, 0.5) is 0 Å². The number of hydrogen-bond acceptors (Lipinski definition) is 6. The molecule has 0 saturated heterocycles. The van der Waals surface area contributed by atoms with Crippen molar-refractivity contribution in [2.45, 2.75) is 25.5 Å². The van der Waals surface area contributed by atoms with Crippen molar-refractivity contribution in [2.24, 2.45) is 0 Å². The van der Waals surface area contributed by atoms with E-state index in [0.29, 0.717) is 23.3 Å². The maximum atomic E-state index is 12.1. The van der Waals surface area contributed by atoms with Gasteiger partial charge in [-0.3, -0.25) is 4.79 Å². The van der Waals surface area contributed by atoms with Crippen molar-refractivity contribution in [1.82, 2.24) is 20.2 Å². The molecule has 0 bridgehead atoms. The number of hydrogen-bond donors (Lipinski definition) is 2. The van der Waals surface area contributed by atoms with Gasteiger partial charge in [-0.15, -0.1) is 10.2 Å². The molecule has 0 radical (unpaired) electrons. The molecule has 3 rings (SSSR count). The Balaban J connectivity index is 1.57. The van der Waals surface area contributed by atoms with Gasteiger partial charge in [0.05, 0.1) is 17.6 Å². The smallest absolute Gasteiger partial charge is 0.230 e. The van der Waals surface area contributed by atoms with E-state index in [1.807, 2.05) is 38.1 Å². The molecule has 3 aromatic rings. The van der Waals surface area contributed by atoms with E-state index in [-0.39, 0.29) is 11.7 Å². The molecule has 0 fully saturated rings. The van der Waals surface area contributed by atoms with Crippen molar-refractivity contribution >= 4 is 17.7 Å². The van der Waals surface area contributed by atoms with Gasteiger partial charge < -0.3 is 15.6 Å². The summed E-state index contributed by atoms with van der Waals surface area (Å²) in [5.41, 5.74) is 3.03. The summed E-state index contributed by atoms with van der Waals surface area (Å²) < 4.78 is 6.63. The lowest BCUT2D eigenvalue weighted by molar-refractivity contribution is -0.118. The number of rotatable bonds is 6. The van der Waals surface area contributed by atoms with Crippen molar-refractivity contribution in [3.63, 3.8) is 0 Å². The van der Waals surface area contributed by atoms with Gasteiger partial charge in [-0.2, -0.15) is 0 Å². The predicted octanol–water partition coefficient (Wildman–Crippen LogP) is 2.28. The van der Waals surface area contributed by atoms with E-state index in [1.54, 1.807) is 12.3 Å². The largest absolute Gasteiger partial charge is 0.469 e. The maximum absolute atomic E-state index is 12.1. The van der Waals surface area contributed by atoms with E-state index < -0.39 is 0 Å². The van der Waals surface area contributed by atoms with Gasteiger partial charge in [0.25, 0.3) is 0 Å². The molecule has 2 heterocycles. The number of nitrogens with zero attached hydrogens (tertiary/aromatic N) is 3. The lowest BCUT2D eigenvalue weighted by Crippen LogP contribution is -2.25. The van der Waals surface area contributed by atoms with Gasteiger partial charge >= 0.3 is 0 Å². The minimum absolute atomic E-state index is 0.0858. The van der Waals surface area contributed by atoms with E-state index >= 15 is 0 Å². The monoisotopic (exact) mass is 357 g/mol. The zero-order chi connectivity index (χ0) is 17.8. The van der Waals surface area contributed by atoms with Crippen LogP contribution in [0.3, 0.4) is 0 Å². The zero-order valence-electron chi connectivity index (χ0n) is 14.0. The summed E-state index contributed by atoms with van der Waals surface area (Å²) in [5.74, 6) is 7.38. The molecule has 25 heavy (non-hydrogen) atoms. The Morgan fingerprint density at radius 3 is 2.80 bits per heavy atom. The highest BCUT2D eigenvalue weighted by Gasteiger charge is 2.16. The molecule has 8 heteroatoms. The average Bonchev–Trinajstić information content (AvgIpc) is 3.17. The molecular weight excluding hydrogens is 338 g/mol. The SMILES string of the molecule is Cc1ccccc1CNC(=O)CSc1nnc(-c2ccoc2C)n1N. The van der Waals surface area contributed by atoms with Crippen molar-refractivity contribution in [3.05, 3.63) is 53.5 Å². The zero-order valence-corrected chi connectivity index (χ0v) is 14.8. The Bertz CT molecular complexity index is 887. The maximum Gasteiger partial charge on any atom is 0.230 e. The lowest BCUT2D eigenvalue weighted by Gasteiger charge is -2.07. The number of nitrogen functional groups attached to an aromatic ring is 1. The second-order valence-electron chi connectivity index (χ2n) is 5.56. The molecule has 7 nitrogen and oxygen atoms in total. The van der Waals surface area contributed by atoms with Crippen molar-refractivity contribution in [3.8, 4) is 11.4 Å². The van der Waals surface area contributed by atoms with Gasteiger partial charge in [-0.05, 0) is 31.0 Å². The Kier molecular flexibility index (Phi) is 5.08. The van der Waals surface area contributed by atoms with Crippen LogP contribution in [0.1, 0.15) is 16.9 Å². The van der Waals surface area contributed by atoms with Crippen LogP contribution in [-0.2, 0) is 11.3 Å². The molecule has 0 saturated carbocycles. The van der Waals surface area contributed by atoms with Gasteiger partial charge in [0.2, 0.25) is 11.1 Å². The fourth-order valence-electron chi connectivity index (χ4n) is 2.36. The molecule has 0 unspecified atom stereocenters. The van der Waals surface area contributed by atoms with E-state index in [9.17, 15) is 4.79 Å². The Morgan fingerprint density at radius 2 is 2.08 bits per heavy atom. The summed E-state index contributed by atoms with van der Waals surface area (Å²) >= 11 is 1.24. The number of carbonyl (C=O) groups is 1. The van der Waals surface area contributed by atoms with E-state index in [1.165, 1.54) is 16.4 Å². The number of amides is 1. The quantitative estimate of drug-likeness (QED) is 0.519. The van der Waals surface area contributed by atoms with Crippen LogP contribution < -0.4 is 11.2 Å². The fourth-order valence-corrected chi connectivity index (χ4v) is 3.05. The van der Waals surface area contributed by atoms with Crippen LogP contribution in [0.25, 0.3) is 11.4 Å².